The van der Waals surface area contributed by atoms with Gasteiger partial charge in [-0.15, -0.1) is 0 Å². The molecule has 2 aromatic carbocycles. The monoisotopic (exact) mass is 406 g/mol. The fourth-order valence-corrected chi connectivity index (χ4v) is 5.84. The zero-order valence-corrected chi connectivity index (χ0v) is 19.1. The Morgan fingerprint density at radius 1 is 0.833 bits per heavy atom. The Morgan fingerprint density at radius 3 is 2.40 bits per heavy atom. The Hall–Kier alpha value is -1.63. The lowest BCUT2D eigenvalue weighted by atomic mass is 9.76. The van der Waals surface area contributed by atoms with Crippen molar-refractivity contribution < 1.29 is 4.39 Å². The molecule has 2 aliphatic carbocycles. The molecule has 162 valence electrons. The van der Waals surface area contributed by atoms with Crippen LogP contribution in [-0.4, -0.2) is 0 Å². The number of hydrogen-bond acceptors (Lipinski definition) is 0. The van der Waals surface area contributed by atoms with Crippen LogP contribution in [0.5, 0.6) is 0 Å². The third-order valence-electron chi connectivity index (χ3n) is 7.93. The van der Waals surface area contributed by atoms with Gasteiger partial charge < -0.3 is 0 Å². The summed E-state index contributed by atoms with van der Waals surface area (Å²) in [7, 11) is 0. The molecule has 1 fully saturated rings. The van der Waals surface area contributed by atoms with E-state index in [-0.39, 0.29) is 5.82 Å². The topological polar surface area (TPSA) is 0 Å². The predicted molar refractivity (Wildman–Crippen MR) is 126 cm³/mol. The van der Waals surface area contributed by atoms with E-state index in [9.17, 15) is 0 Å². The molecular formula is C29H39F. The van der Waals surface area contributed by atoms with Crippen LogP contribution < -0.4 is 0 Å². The molecule has 30 heavy (non-hydrogen) atoms. The maximum atomic E-state index is 15.1. The summed E-state index contributed by atoms with van der Waals surface area (Å²) >= 11 is 0. The second-order valence-corrected chi connectivity index (χ2v) is 9.91. The van der Waals surface area contributed by atoms with Gasteiger partial charge in [0.1, 0.15) is 5.82 Å². The quantitative estimate of drug-likeness (QED) is 0.404. The minimum atomic E-state index is 0.0368. The van der Waals surface area contributed by atoms with Crippen molar-refractivity contribution in [2.45, 2.75) is 103 Å². The third kappa shape index (κ3) is 4.98. The van der Waals surface area contributed by atoms with E-state index in [4.69, 9.17) is 0 Å². The summed E-state index contributed by atoms with van der Waals surface area (Å²) in [6, 6.07) is 13.3. The van der Waals surface area contributed by atoms with Crippen molar-refractivity contribution in [1.82, 2.24) is 0 Å². The van der Waals surface area contributed by atoms with Crippen LogP contribution in [0.3, 0.4) is 0 Å². The van der Waals surface area contributed by atoms with E-state index in [0.29, 0.717) is 11.8 Å². The van der Waals surface area contributed by atoms with Gasteiger partial charge in [0.05, 0.1) is 0 Å². The van der Waals surface area contributed by atoms with Gasteiger partial charge >= 0.3 is 0 Å². The normalized spacial score (nSPS) is 23.9. The Bertz CT molecular complexity index is 828. The molecule has 0 bridgehead atoms. The summed E-state index contributed by atoms with van der Waals surface area (Å²) < 4.78 is 15.1. The molecule has 0 radical (unpaired) electrons. The average Bonchev–Trinajstić information content (AvgIpc) is 2.79. The molecule has 0 saturated heterocycles. The number of halogens is 1. The standard InChI is InChI=1S/C29H39F/c1-3-5-6-7-22-10-13-25-19-27(15-14-24(25)18-22)28-17-16-26(20-29(28)30)23-11-8-21(4-2)9-12-23/h10,13,16-18,20-21,23,27H,3-9,11-12,14-15,19H2,1-2H3. The zero-order chi connectivity index (χ0) is 20.9. The molecule has 2 aromatic rings. The molecule has 0 heterocycles. The molecule has 0 aromatic heterocycles. The van der Waals surface area contributed by atoms with E-state index in [1.165, 1.54) is 80.0 Å². The molecular weight excluding hydrogens is 367 g/mol. The van der Waals surface area contributed by atoms with Crippen molar-refractivity contribution in [2.24, 2.45) is 5.92 Å². The first-order valence-corrected chi connectivity index (χ1v) is 12.6. The van der Waals surface area contributed by atoms with Crippen molar-refractivity contribution in [1.29, 1.82) is 0 Å². The maximum absolute atomic E-state index is 15.1. The molecule has 0 aliphatic heterocycles. The lowest BCUT2D eigenvalue weighted by Gasteiger charge is -2.29. The second kappa shape index (κ2) is 10.1. The molecule has 0 spiro atoms. The highest BCUT2D eigenvalue weighted by Gasteiger charge is 2.25. The fraction of sp³-hybridized carbons (Fsp3) is 0.586. The summed E-state index contributed by atoms with van der Waals surface area (Å²) in [5, 5.41) is 0. The van der Waals surface area contributed by atoms with E-state index in [0.717, 1.165) is 30.7 Å². The highest BCUT2D eigenvalue weighted by molar-refractivity contribution is 5.38. The summed E-state index contributed by atoms with van der Waals surface area (Å²) in [5.74, 6) is 1.82. The van der Waals surface area contributed by atoms with Gasteiger partial charge in [-0.25, -0.2) is 4.39 Å². The number of hydrogen-bond donors (Lipinski definition) is 0. The maximum Gasteiger partial charge on any atom is 0.126 e. The summed E-state index contributed by atoms with van der Waals surface area (Å²) in [6.07, 6.45) is 14.6. The van der Waals surface area contributed by atoms with Crippen molar-refractivity contribution >= 4 is 0 Å². The number of aryl methyl sites for hydroxylation is 2. The Balaban J connectivity index is 1.42. The second-order valence-electron chi connectivity index (χ2n) is 9.91. The highest BCUT2D eigenvalue weighted by Crippen LogP contribution is 2.39. The van der Waals surface area contributed by atoms with E-state index in [1.54, 1.807) is 0 Å². The Morgan fingerprint density at radius 2 is 1.67 bits per heavy atom. The lowest BCUT2D eigenvalue weighted by Crippen LogP contribution is -2.16. The van der Waals surface area contributed by atoms with Crippen LogP contribution in [-0.2, 0) is 19.3 Å². The van der Waals surface area contributed by atoms with Crippen molar-refractivity contribution in [3.05, 3.63) is 70.0 Å². The van der Waals surface area contributed by atoms with Crippen LogP contribution in [0.25, 0.3) is 0 Å². The van der Waals surface area contributed by atoms with Crippen molar-refractivity contribution in [3.63, 3.8) is 0 Å². The molecule has 0 amide bonds. The Kier molecular flexibility index (Phi) is 7.28. The first-order chi connectivity index (χ1) is 14.7. The van der Waals surface area contributed by atoms with Gasteiger partial charge in [-0.3, -0.25) is 0 Å². The molecule has 1 unspecified atom stereocenters. The highest BCUT2D eigenvalue weighted by atomic mass is 19.1. The van der Waals surface area contributed by atoms with E-state index < -0.39 is 0 Å². The van der Waals surface area contributed by atoms with Gasteiger partial charge in [0.2, 0.25) is 0 Å². The lowest BCUT2D eigenvalue weighted by molar-refractivity contribution is 0.318. The molecule has 2 aliphatic rings. The van der Waals surface area contributed by atoms with Crippen LogP contribution >= 0.6 is 0 Å². The largest absolute Gasteiger partial charge is 0.207 e. The summed E-state index contributed by atoms with van der Waals surface area (Å²) in [6.45, 7) is 4.56. The van der Waals surface area contributed by atoms with Crippen LogP contribution in [0.15, 0.2) is 36.4 Å². The Labute approximate surface area is 183 Å². The van der Waals surface area contributed by atoms with Crippen molar-refractivity contribution in [3.8, 4) is 0 Å². The zero-order valence-electron chi connectivity index (χ0n) is 19.1. The van der Waals surface area contributed by atoms with Crippen LogP contribution in [0, 0.1) is 11.7 Å². The first-order valence-electron chi connectivity index (χ1n) is 12.6. The predicted octanol–water partition coefficient (Wildman–Crippen LogP) is 8.51. The van der Waals surface area contributed by atoms with Gasteiger partial charge in [0.15, 0.2) is 0 Å². The minimum absolute atomic E-state index is 0.0368. The van der Waals surface area contributed by atoms with Crippen molar-refractivity contribution in [2.75, 3.05) is 0 Å². The average molecular weight is 407 g/mol. The minimum Gasteiger partial charge on any atom is -0.207 e. The van der Waals surface area contributed by atoms with E-state index in [2.05, 4.69) is 44.2 Å². The molecule has 1 atom stereocenters. The van der Waals surface area contributed by atoms with Gasteiger partial charge in [-0.2, -0.15) is 0 Å². The SMILES string of the molecule is CCCCCc1ccc2c(c1)CCC(c1ccc(C3CCC(CC)CC3)cc1F)C2. The number of unbranched alkanes of at least 4 members (excludes halogenated alkanes) is 2. The molecule has 4 rings (SSSR count). The van der Waals surface area contributed by atoms with E-state index >= 15 is 4.39 Å². The van der Waals surface area contributed by atoms with Crippen LogP contribution in [0.2, 0.25) is 0 Å². The van der Waals surface area contributed by atoms with Gasteiger partial charge in [-0.1, -0.05) is 63.4 Å². The number of rotatable bonds is 7. The molecule has 0 nitrogen and oxygen atoms in total. The molecule has 1 heteroatoms. The smallest absolute Gasteiger partial charge is 0.126 e. The van der Waals surface area contributed by atoms with E-state index in [1.807, 2.05) is 6.07 Å². The fourth-order valence-electron chi connectivity index (χ4n) is 5.84. The van der Waals surface area contributed by atoms with Gasteiger partial charge in [0.25, 0.3) is 0 Å². The number of benzene rings is 2. The third-order valence-corrected chi connectivity index (χ3v) is 7.93. The summed E-state index contributed by atoms with van der Waals surface area (Å²) in [5.41, 5.74) is 6.60. The first kappa shape index (κ1) is 21.6. The summed E-state index contributed by atoms with van der Waals surface area (Å²) in [4.78, 5) is 0. The molecule has 1 saturated carbocycles. The van der Waals surface area contributed by atoms with Crippen LogP contribution in [0.4, 0.5) is 4.39 Å². The van der Waals surface area contributed by atoms with Crippen LogP contribution in [0.1, 0.15) is 111 Å². The number of fused-ring (bicyclic) bond motifs is 1. The molecule has 0 N–H and O–H groups in total. The van der Waals surface area contributed by atoms with Gasteiger partial charge in [0, 0.05) is 0 Å². The van der Waals surface area contributed by atoms with Gasteiger partial charge in [-0.05, 0) is 109 Å².